The van der Waals surface area contributed by atoms with Gasteiger partial charge in [-0.25, -0.2) is 4.98 Å². The molecule has 3 heterocycles. The van der Waals surface area contributed by atoms with Gasteiger partial charge in [0.25, 0.3) is 5.91 Å². The average molecular weight is 449 g/mol. The van der Waals surface area contributed by atoms with Crippen molar-refractivity contribution in [2.24, 2.45) is 11.7 Å². The Hall–Kier alpha value is -3.02. The van der Waals surface area contributed by atoms with Gasteiger partial charge < -0.3 is 19.8 Å². The summed E-state index contributed by atoms with van der Waals surface area (Å²) < 4.78 is 8.16. The summed E-state index contributed by atoms with van der Waals surface area (Å²) in [6, 6.07) is 4.23. The summed E-state index contributed by atoms with van der Waals surface area (Å²) in [4.78, 5) is 20.5. The maximum atomic E-state index is 13.6. The molecule has 2 aromatic rings. The molecular formula is C27H36N4O2. The Kier molecular flexibility index (Phi) is 6.91. The molecule has 1 saturated carbocycles. The zero-order valence-electron chi connectivity index (χ0n) is 20.1. The summed E-state index contributed by atoms with van der Waals surface area (Å²) >= 11 is 0. The van der Waals surface area contributed by atoms with E-state index in [2.05, 4.69) is 37.1 Å². The fourth-order valence-corrected chi connectivity index (χ4v) is 4.48. The van der Waals surface area contributed by atoms with Gasteiger partial charge in [0.2, 0.25) is 0 Å². The largest absolute Gasteiger partial charge is 0.492 e. The third-order valence-electron chi connectivity index (χ3n) is 6.72. The van der Waals surface area contributed by atoms with E-state index >= 15 is 0 Å². The normalized spacial score (nSPS) is 19.7. The summed E-state index contributed by atoms with van der Waals surface area (Å²) in [5.74, 6) is 1.06. The SMILES string of the molecule is C=C(C(=O)N1CCCC[C@H]1Cc1nc2c(C)cccn2c1C)/C(=C\C=C(\C)N)OCC1CC1. The zero-order valence-corrected chi connectivity index (χ0v) is 20.1. The lowest BCUT2D eigenvalue weighted by atomic mass is 9.96. The number of pyridine rings is 1. The summed E-state index contributed by atoms with van der Waals surface area (Å²) in [5, 5.41) is 0. The van der Waals surface area contributed by atoms with Crippen LogP contribution in [-0.4, -0.2) is 39.4 Å². The topological polar surface area (TPSA) is 72.9 Å². The first-order valence-corrected chi connectivity index (χ1v) is 12.1. The third-order valence-corrected chi connectivity index (χ3v) is 6.72. The fraction of sp³-hybridized carbons (Fsp3) is 0.481. The minimum absolute atomic E-state index is 0.0533. The lowest BCUT2D eigenvalue weighted by molar-refractivity contribution is -0.130. The highest BCUT2D eigenvalue weighted by Gasteiger charge is 2.31. The van der Waals surface area contributed by atoms with Crippen LogP contribution in [-0.2, 0) is 16.0 Å². The van der Waals surface area contributed by atoms with E-state index in [4.69, 9.17) is 15.5 Å². The smallest absolute Gasteiger partial charge is 0.257 e. The third kappa shape index (κ3) is 5.32. The van der Waals surface area contributed by atoms with Crippen LogP contribution in [0.3, 0.4) is 0 Å². The number of aryl methyl sites for hydroxylation is 2. The predicted molar refractivity (Wildman–Crippen MR) is 132 cm³/mol. The van der Waals surface area contributed by atoms with Crippen molar-refractivity contribution in [3.05, 3.63) is 71.0 Å². The number of carbonyl (C=O) groups is 1. The van der Waals surface area contributed by atoms with Crippen molar-refractivity contribution in [1.82, 2.24) is 14.3 Å². The van der Waals surface area contributed by atoms with Crippen LogP contribution in [0, 0.1) is 19.8 Å². The quantitative estimate of drug-likeness (QED) is 0.364. The molecule has 1 atom stereocenters. The molecule has 6 heteroatoms. The van der Waals surface area contributed by atoms with Crippen LogP contribution in [0.2, 0.25) is 0 Å². The summed E-state index contributed by atoms with van der Waals surface area (Å²) in [6.07, 6.45) is 11.8. The Bertz CT molecular complexity index is 1100. The van der Waals surface area contributed by atoms with E-state index < -0.39 is 0 Å². The molecule has 2 aromatic heterocycles. The molecule has 1 aliphatic carbocycles. The van der Waals surface area contributed by atoms with Gasteiger partial charge in [0.15, 0.2) is 0 Å². The van der Waals surface area contributed by atoms with Crippen LogP contribution in [0.1, 0.15) is 56.0 Å². The van der Waals surface area contributed by atoms with Gasteiger partial charge in [-0.15, -0.1) is 0 Å². The fourth-order valence-electron chi connectivity index (χ4n) is 4.48. The number of aromatic nitrogens is 2. The number of allylic oxidation sites excluding steroid dienone is 3. The van der Waals surface area contributed by atoms with Gasteiger partial charge in [0.1, 0.15) is 11.4 Å². The monoisotopic (exact) mass is 448 g/mol. The number of amides is 1. The Labute approximate surface area is 196 Å². The molecule has 1 saturated heterocycles. The second kappa shape index (κ2) is 9.86. The molecule has 0 bridgehead atoms. The molecule has 0 spiro atoms. The molecule has 176 valence electrons. The molecule has 2 N–H and O–H groups in total. The van der Waals surface area contributed by atoms with Crippen molar-refractivity contribution in [1.29, 1.82) is 0 Å². The number of piperidine rings is 1. The molecule has 0 aromatic carbocycles. The Morgan fingerprint density at radius 3 is 2.76 bits per heavy atom. The minimum Gasteiger partial charge on any atom is -0.492 e. The average Bonchev–Trinajstić information content (AvgIpc) is 3.57. The minimum atomic E-state index is -0.0533. The van der Waals surface area contributed by atoms with Crippen LogP contribution in [0.4, 0.5) is 0 Å². The van der Waals surface area contributed by atoms with E-state index in [9.17, 15) is 4.79 Å². The van der Waals surface area contributed by atoms with E-state index in [-0.39, 0.29) is 11.9 Å². The first-order valence-electron chi connectivity index (χ1n) is 12.1. The van der Waals surface area contributed by atoms with Gasteiger partial charge in [-0.2, -0.15) is 0 Å². The molecule has 2 fully saturated rings. The second-order valence-electron chi connectivity index (χ2n) is 9.56. The van der Waals surface area contributed by atoms with E-state index in [1.807, 2.05) is 17.9 Å². The van der Waals surface area contributed by atoms with E-state index in [0.717, 1.165) is 54.8 Å². The standard InChI is InChI=1S/C27H36N4O2/c1-18-8-7-15-30-21(4)24(29-26(18)30)16-23-9-5-6-14-31(23)27(32)20(3)25(13-10-19(2)28)33-17-22-11-12-22/h7-8,10,13,15,22-23H,3,5-6,9,11-12,14,16-17,28H2,1-2,4H3/b19-10-,25-13+/t23-/m0/s1. The van der Waals surface area contributed by atoms with Crippen LogP contribution >= 0.6 is 0 Å². The van der Waals surface area contributed by atoms with E-state index in [1.54, 1.807) is 12.2 Å². The molecule has 33 heavy (non-hydrogen) atoms. The van der Waals surface area contributed by atoms with E-state index in [0.29, 0.717) is 29.6 Å². The van der Waals surface area contributed by atoms with Crippen molar-refractivity contribution >= 4 is 11.6 Å². The Balaban J connectivity index is 1.54. The molecular weight excluding hydrogens is 412 g/mol. The number of fused-ring (bicyclic) bond motifs is 1. The highest BCUT2D eigenvalue weighted by atomic mass is 16.5. The van der Waals surface area contributed by atoms with Gasteiger partial charge in [-0.3, -0.25) is 4.79 Å². The molecule has 1 amide bonds. The maximum absolute atomic E-state index is 13.6. The first kappa shape index (κ1) is 23.1. The highest BCUT2D eigenvalue weighted by Crippen LogP contribution is 2.31. The van der Waals surface area contributed by atoms with Crippen molar-refractivity contribution < 1.29 is 9.53 Å². The zero-order chi connectivity index (χ0) is 23.5. The van der Waals surface area contributed by atoms with Crippen molar-refractivity contribution in [3.63, 3.8) is 0 Å². The Morgan fingerprint density at radius 2 is 2.06 bits per heavy atom. The maximum Gasteiger partial charge on any atom is 0.257 e. The first-order chi connectivity index (χ1) is 15.8. The van der Waals surface area contributed by atoms with Crippen molar-refractivity contribution in [2.75, 3.05) is 13.2 Å². The number of rotatable bonds is 8. The van der Waals surface area contributed by atoms with Gasteiger partial charge in [0, 0.05) is 36.6 Å². The lowest BCUT2D eigenvalue weighted by Crippen LogP contribution is -2.45. The number of hydrogen-bond acceptors (Lipinski definition) is 4. The number of imidazole rings is 1. The van der Waals surface area contributed by atoms with Crippen molar-refractivity contribution in [2.45, 2.75) is 65.3 Å². The second-order valence-corrected chi connectivity index (χ2v) is 9.56. The number of hydrogen-bond donors (Lipinski definition) is 1. The summed E-state index contributed by atoms with van der Waals surface area (Å²) in [5.41, 5.74) is 11.2. The van der Waals surface area contributed by atoms with Crippen molar-refractivity contribution in [3.8, 4) is 0 Å². The van der Waals surface area contributed by atoms with Gasteiger partial charge in [0.05, 0.1) is 17.9 Å². The van der Waals surface area contributed by atoms with Crippen LogP contribution in [0.15, 0.2) is 54.1 Å². The Morgan fingerprint density at radius 1 is 1.27 bits per heavy atom. The van der Waals surface area contributed by atoms with Gasteiger partial charge in [-0.1, -0.05) is 12.6 Å². The number of likely N-dealkylation sites (tertiary alicyclic amines) is 1. The summed E-state index contributed by atoms with van der Waals surface area (Å²) in [6.45, 7) is 11.5. The predicted octanol–water partition coefficient (Wildman–Crippen LogP) is 4.60. The van der Waals surface area contributed by atoms with Crippen LogP contribution in [0.5, 0.6) is 0 Å². The number of ether oxygens (including phenoxy) is 1. The molecule has 6 nitrogen and oxygen atoms in total. The number of carbonyl (C=O) groups excluding carboxylic acids is 1. The highest BCUT2D eigenvalue weighted by molar-refractivity contribution is 5.97. The van der Waals surface area contributed by atoms with Gasteiger partial charge >= 0.3 is 0 Å². The van der Waals surface area contributed by atoms with Gasteiger partial charge in [-0.05, 0) is 82.6 Å². The van der Waals surface area contributed by atoms with Crippen LogP contribution < -0.4 is 5.73 Å². The molecule has 0 unspecified atom stereocenters. The number of nitrogens with two attached hydrogens (primary N) is 1. The molecule has 2 aliphatic rings. The molecule has 4 rings (SSSR count). The van der Waals surface area contributed by atoms with Crippen LogP contribution in [0.25, 0.3) is 5.65 Å². The molecule has 0 radical (unpaired) electrons. The lowest BCUT2D eigenvalue weighted by Gasteiger charge is -2.36. The number of nitrogens with zero attached hydrogens (tertiary/aromatic N) is 3. The summed E-state index contributed by atoms with van der Waals surface area (Å²) in [7, 11) is 0. The van der Waals surface area contributed by atoms with E-state index in [1.165, 1.54) is 12.8 Å². The molecule has 1 aliphatic heterocycles.